The minimum atomic E-state index is -0.402. The highest BCUT2D eigenvalue weighted by Crippen LogP contribution is 2.22. The van der Waals surface area contributed by atoms with Crippen LogP contribution in [-0.4, -0.2) is 26.5 Å². The number of nitrogens with one attached hydrogen (secondary N) is 1. The average Bonchev–Trinajstić information content (AvgIpc) is 2.52. The van der Waals surface area contributed by atoms with E-state index in [9.17, 15) is 5.11 Å². The molecule has 0 aromatic carbocycles. The van der Waals surface area contributed by atoms with Gasteiger partial charge in [0.25, 0.3) is 0 Å². The Morgan fingerprint density at radius 3 is 2.59 bits per heavy atom. The highest BCUT2D eigenvalue weighted by atomic mass is 79.9. The number of aromatic nitrogens is 2. The van der Waals surface area contributed by atoms with Gasteiger partial charge in [0.15, 0.2) is 0 Å². The summed E-state index contributed by atoms with van der Waals surface area (Å²) in [6.45, 7) is 11.4. The Kier molecular flexibility index (Phi) is 4.75. The maximum atomic E-state index is 9.66. The second-order valence-electron chi connectivity index (χ2n) is 4.91. The van der Waals surface area contributed by atoms with Crippen LogP contribution < -0.4 is 5.32 Å². The molecule has 0 saturated carbocycles. The van der Waals surface area contributed by atoms with Gasteiger partial charge in [-0.15, -0.1) is 0 Å². The van der Waals surface area contributed by atoms with Gasteiger partial charge < -0.3 is 10.4 Å². The van der Waals surface area contributed by atoms with E-state index in [1.807, 2.05) is 25.5 Å². The van der Waals surface area contributed by atoms with Gasteiger partial charge in [0.1, 0.15) is 0 Å². The molecule has 1 heterocycles. The third-order valence-corrected chi connectivity index (χ3v) is 4.24. The van der Waals surface area contributed by atoms with Crippen molar-refractivity contribution in [3.8, 4) is 0 Å². The topological polar surface area (TPSA) is 50.1 Å². The number of hydrogen-bond acceptors (Lipinski definition) is 3. The molecule has 0 radical (unpaired) electrons. The number of aliphatic hydroxyl groups excluding tert-OH is 1. The summed E-state index contributed by atoms with van der Waals surface area (Å²) in [4.78, 5) is 0. The summed E-state index contributed by atoms with van der Waals surface area (Å²) >= 11 is 3.56. The van der Waals surface area contributed by atoms with Crippen molar-refractivity contribution >= 4 is 15.9 Å². The van der Waals surface area contributed by atoms with E-state index in [1.54, 1.807) is 6.92 Å². The van der Waals surface area contributed by atoms with E-state index in [4.69, 9.17) is 0 Å². The van der Waals surface area contributed by atoms with Crippen LogP contribution in [0, 0.1) is 6.92 Å². The summed E-state index contributed by atoms with van der Waals surface area (Å²) in [7, 11) is 0. The van der Waals surface area contributed by atoms with Crippen molar-refractivity contribution < 1.29 is 5.11 Å². The van der Waals surface area contributed by atoms with Crippen LogP contribution in [0.2, 0.25) is 0 Å². The third kappa shape index (κ3) is 3.30. The fourth-order valence-corrected chi connectivity index (χ4v) is 1.92. The molecule has 0 saturated heterocycles. The smallest absolute Gasteiger partial charge is 0.0739 e. The molecule has 0 spiro atoms. The van der Waals surface area contributed by atoms with Gasteiger partial charge in [0.05, 0.1) is 22.0 Å². The molecule has 0 aliphatic carbocycles. The van der Waals surface area contributed by atoms with Crippen LogP contribution in [0.4, 0.5) is 0 Å². The van der Waals surface area contributed by atoms with Crippen molar-refractivity contribution in [1.29, 1.82) is 0 Å². The van der Waals surface area contributed by atoms with Gasteiger partial charge in [0, 0.05) is 18.6 Å². The van der Waals surface area contributed by atoms with E-state index < -0.39 is 6.10 Å². The quantitative estimate of drug-likeness (QED) is 0.877. The monoisotopic (exact) mass is 303 g/mol. The molecular formula is C12H22BrN3O. The van der Waals surface area contributed by atoms with Crippen molar-refractivity contribution in [2.75, 3.05) is 0 Å². The van der Waals surface area contributed by atoms with Crippen molar-refractivity contribution in [3.63, 3.8) is 0 Å². The van der Waals surface area contributed by atoms with E-state index in [2.05, 4.69) is 33.3 Å². The lowest BCUT2D eigenvalue weighted by Gasteiger charge is -2.29. The third-order valence-electron chi connectivity index (χ3n) is 3.21. The van der Waals surface area contributed by atoms with Gasteiger partial charge in [-0.2, -0.15) is 5.10 Å². The molecular weight excluding hydrogens is 282 g/mol. The molecule has 5 heteroatoms. The van der Waals surface area contributed by atoms with Crippen LogP contribution in [0.1, 0.15) is 39.1 Å². The van der Waals surface area contributed by atoms with Crippen molar-refractivity contribution in [2.45, 2.75) is 59.4 Å². The number of hydrogen-bond donors (Lipinski definition) is 2. The van der Waals surface area contributed by atoms with Gasteiger partial charge in [-0.25, -0.2) is 0 Å². The summed E-state index contributed by atoms with van der Waals surface area (Å²) in [5.74, 6) is 0. The van der Waals surface area contributed by atoms with Crippen molar-refractivity contribution in [3.05, 3.63) is 15.9 Å². The SMILES string of the molecule is CCn1nc(C)c(Br)c1CNC(C)(C)C(C)O. The highest BCUT2D eigenvalue weighted by molar-refractivity contribution is 9.10. The first-order valence-electron chi connectivity index (χ1n) is 5.94. The Balaban J connectivity index is 2.82. The normalized spacial score (nSPS) is 14.1. The Morgan fingerprint density at radius 2 is 2.12 bits per heavy atom. The van der Waals surface area contributed by atoms with Gasteiger partial charge in [-0.05, 0) is 50.5 Å². The van der Waals surface area contributed by atoms with E-state index in [0.717, 1.165) is 22.4 Å². The predicted octanol–water partition coefficient (Wildman–Crippen LogP) is 2.22. The standard InChI is InChI=1S/C12H22BrN3O/c1-6-16-10(11(13)8(2)15-16)7-14-12(4,5)9(3)17/h9,14,17H,6-7H2,1-5H3. The lowest BCUT2D eigenvalue weighted by molar-refractivity contribution is 0.0950. The van der Waals surface area contributed by atoms with Crippen LogP contribution >= 0.6 is 15.9 Å². The second-order valence-corrected chi connectivity index (χ2v) is 5.71. The molecule has 17 heavy (non-hydrogen) atoms. The molecule has 1 unspecified atom stereocenters. The Hall–Kier alpha value is -0.390. The Bertz CT molecular complexity index is 385. The fraction of sp³-hybridized carbons (Fsp3) is 0.750. The molecule has 1 aromatic heterocycles. The zero-order valence-corrected chi connectivity index (χ0v) is 12.8. The van der Waals surface area contributed by atoms with Gasteiger partial charge in [-0.1, -0.05) is 0 Å². The van der Waals surface area contributed by atoms with Gasteiger partial charge in [-0.3, -0.25) is 4.68 Å². The number of nitrogens with zero attached hydrogens (tertiary/aromatic N) is 2. The Morgan fingerprint density at radius 1 is 1.53 bits per heavy atom. The molecule has 0 aliphatic rings. The molecule has 1 aromatic rings. The maximum Gasteiger partial charge on any atom is 0.0739 e. The van der Waals surface area contributed by atoms with E-state index in [-0.39, 0.29) is 5.54 Å². The number of aliphatic hydroxyl groups is 1. The molecule has 0 bridgehead atoms. The average molecular weight is 304 g/mol. The first-order valence-corrected chi connectivity index (χ1v) is 6.73. The largest absolute Gasteiger partial charge is 0.392 e. The lowest BCUT2D eigenvalue weighted by atomic mass is 9.99. The first-order chi connectivity index (χ1) is 7.79. The van der Waals surface area contributed by atoms with Crippen LogP contribution in [0.3, 0.4) is 0 Å². The van der Waals surface area contributed by atoms with Gasteiger partial charge in [0.2, 0.25) is 0 Å². The van der Waals surface area contributed by atoms with E-state index >= 15 is 0 Å². The predicted molar refractivity (Wildman–Crippen MR) is 72.9 cm³/mol. The van der Waals surface area contributed by atoms with Crippen LogP contribution in [0.5, 0.6) is 0 Å². The van der Waals surface area contributed by atoms with Crippen LogP contribution in [0.25, 0.3) is 0 Å². The number of halogens is 1. The fourth-order valence-electron chi connectivity index (χ4n) is 1.50. The summed E-state index contributed by atoms with van der Waals surface area (Å²) in [5, 5.41) is 17.5. The Labute approximate surface area is 112 Å². The molecule has 1 atom stereocenters. The highest BCUT2D eigenvalue weighted by Gasteiger charge is 2.24. The number of aryl methyl sites for hydroxylation is 2. The van der Waals surface area contributed by atoms with E-state index in [0.29, 0.717) is 6.54 Å². The molecule has 1 rings (SSSR count). The molecule has 0 amide bonds. The van der Waals surface area contributed by atoms with Crippen molar-refractivity contribution in [2.24, 2.45) is 0 Å². The van der Waals surface area contributed by atoms with Crippen LogP contribution in [-0.2, 0) is 13.1 Å². The van der Waals surface area contributed by atoms with Crippen molar-refractivity contribution in [1.82, 2.24) is 15.1 Å². The summed E-state index contributed by atoms with van der Waals surface area (Å²) in [6.07, 6.45) is -0.402. The molecule has 0 fully saturated rings. The van der Waals surface area contributed by atoms with E-state index in [1.165, 1.54) is 0 Å². The zero-order valence-electron chi connectivity index (χ0n) is 11.2. The maximum absolute atomic E-state index is 9.66. The minimum Gasteiger partial charge on any atom is -0.392 e. The molecule has 0 aliphatic heterocycles. The number of rotatable bonds is 5. The first kappa shape index (κ1) is 14.7. The summed E-state index contributed by atoms with van der Waals surface area (Å²) < 4.78 is 3.03. The van der Waals surface area contributed by atoms with Crippen LogP contribution in [0.15, 0.2) is 4.47 Å². The minimum absolute atomic E-state index is 0.309. The summed E-state index contributed by atoms with van der Waals surface area (Å²) in [6, 6.07) is 0. The summed E-state index contributed by atoms with van der Waals surface area (Å²) in [5.41, 5.74) is 1.81. The lowest BCUT2D eigenvalue weighted by Crippen LogP contribution is -2.48. The molecule has 2 N–H and O–H groups in total. The molecule has 98 valence electrons. The zero-order chi connectivity index (χ0) is 13.2. The second kappa shape index (κ2) is 5.50. The molecule has 4 nitrogen and oxygen atoms in total. The van der Waals surface area contributed by atoms with Gasteiger partial charge >= 0.3 is 0 Å².